The van der Waals surface area contributed by atoms with Gasteiger partial charge >= 0.3 is 6.18 Å². The Labute approximate surface area is 135 Å². The van der Waals surface area contributed by atoms with Gasteiger partial charge < -0.3 is 5.32 Å². The van der Waals surface area contributed by atoms with E-state index in [0.717, 1.165) is 0 Å². The molecule has 0 saturated carbocycles. The smallest absolute Gasteiger partial charge is 0.314 e. The summed E-state index contributed by atoms with van der Waals surface area (Å²) in [6.45, 7) is 2.19. The first-order chi connectivity index (χ1) is 9.38. The maximum Gasteiger partial charge on any atom is 0.390 e. The molecule has 0 unspecified atom stereocenters. The summed E-state index contributed by atoms with van der Waals surface area (Å²) in [5.74, 6) is -0.611. The third-order valence-corrected chi connectivity index (χ3v) is 3.97. The second-order valence-electron chi connectivity index (χ2n) is 4.76. The highest BCUT2D eigenvalue weighted by molar-refractivity contribution is 9.10. The maximum atomic E-state index is 14.1. The van der Waals surface area contributed by atoms with Crippen LogP contribution < -0.4 is 5.32 Å². The van der Waals surface area contributed by atoms with Crippen LogP contribution in [0.2, 0.25) is 0 Å². The largest absolute Gasteiger partial charge is 0.390 e. The van der Waals surface area contributed by atoms with Crippen molar-refractivity contribution in [1.82, 2.24) is 10.2 Å². The average molecular weight is 392 g/mol. The van der Waals surface area contributed by atoms with Crippen molar-refractivity contribution in [1.29, 1.82) is 0 Å². The Kier molecular flexibility index (Phi) is 6.90. The van der Waals surface area contributed by atoms with Gasteiger partial charge in [0.25, 0.3) is 0 Å². The molecule has 8 heteroatoms. The van der Waals surface area contributed by atoms with E-state index in [2.05, 4.69) is 21.2 Å². The molecule has 1 saturated heterocycles. The standard InChI is InChI=1S/C13H15BrF4N2.ClH/c14-10-3-1-2-9(12(10)15)11(8-13(16,17)18)20-6-4-19-5-7-20;/h1-3,11,19H,4-8H2;1H/t11-;/m1./s1. The zero-order valence-electron chi connectivity index (χ0n) is 11.1. The van der Waals surface area contributed by atoms with Crippen molar-refractivity contribution in [3.63, 3.8) is 0 Å². The number of nitrogens with one attached hydrogen (secondary N) is 1. The Morgan fingerprint density at radius 3 is 2.43 bits per heavy atom. The van der Waals surface area contributed by atoms with E-state index in [1.165, 1.54) is 12.1 Å². The lowest BCUT2D eigenvalue weighted by molar-refractivity contribution is -0.149. The minimum Gasteiger partial charge on any atom is -0.314 e. The molecule has 1 aromatic carbocycles. The predicted octanol–water partition coefficient (Wildman–Crippen LogP) is 3.91. The summed E-state index contributed by atoms with van der Waals surface area (Å²) in [5, 5.41) is 3.08. The molecule has 0 spiro atoms. The SMILES string of the molecule is Cl.Fc1c(Br)cccc1[C@@H](CC(F)(F)F)N1CCNCC1. The van der Waals surface area contributed by atoms with Gasteiger partial charge in [0.05, 0.1) is 10.9 Å². The second-order valence-corrected chi connectivity index (χ2v) is 5.62. The minimum atomic E-state index is -4.33. The van der Waals surface area contributed by atoms with E-state index in [-0.39, 0.29) is 22.4 Å². The molecule has 1 aliphatic heterocycles. The summed E-state index contributed by atoms with van der Waals surface area (Å²) < 4.78 is 52.7. The third kappa shape index (κ3) is 5.09. The number of nitrogens with zero attached hydrogens (tertiary/aromatic N) is 1. The zero-order chi connectivity index (χ0) is 14.8. The van der Waals surface area contributed by atoms with Gasteiger partial charge in [-0.15, -0.1) is 12.4 Å². The quantitative estimate of drug-likeness (QED) is 0.786. The summed E-state index contributed by atoms with van der Waals surface area (Å²) in [4.78, 5) is 1.69. The molecule has 1 N–H and O–H groups in total. The molecule has 2 rings (SSSR count). The Morgan fingerprint density at radius 1 is 1.24 bits per heavy atom. The van der Waals surface area contributed by atoms with Crippen molar-refractivity contribution in [3.05, 3.63) is 34.1 Å². The molecule has 1 heterocycles. The lowest BCUT2D eigenvalue weighted by Crippen LogP contribution is -2.46. The molecule has 0 amide bonds. The summed E-state index contributed by atoms with van der Waals surface area (Å²) in [5.41, 5.74) is 0.0959. The molecule has 1 aromatic rings. The van der Waals surface area contributed by atoms with E-state index in [0.29, 0.717) is 26.2 Å². The van der Waals surface area contributed by atoms with Gasteiger partial charge in [-0.05, 0) is 22.0 Å². The number of benzene rings is 1. The number of hydrogen-bond acceptors (Lipinski definition) is 2. The van der Waals surface area contributed by atoms with E-state index in [1.807, 2.05) is 0 Å². The van der Waals surface area contributed by atoms with Crippen LogP contribution in [0.15, 0.2) is 22.7 Å². The molecular formula is C13H16BrClF4N2. The molecule has 0 bridgehead atoms. The summed E-state index contributed by atoms with van der Waals surface area (Å²) >= 11 is 3.03. The molecule has 1 fully saturated rings. The van der Waals surface area contributed by atoms with Crippen molar-refractivity contribution >= 4 is 28.3 Å². The van der Waals surface area contributed by atoms with Crippen LogP contribution in [-0.4, -0.2) is 37.3 Å². The number of rotatable bonds is 3. The highest BCUT2D eigenvalue weighted by Gasteiger charge is 2.37. The lowest BCUT2D eigenvalue weighted by Gasteiger charge is -2.35. The van der Waals surface area contributed by atoms with Crippen LogP contribution >= 0.6 is 28.3 Å². The normalized spacial score (nSPS) is 18.1. The van der Waals surface area contributed by atoms with Crippen molar-refractivity contribution < 1.29 is 17.6 Å². The topological polar surface area (TPSA) is 15.3 Å². The third-order valence-electron chi connectivity index (χ3n) is 3.36. The van der Waals surface area contributed by atoms with Crippen LogP contribution in [0.3, 0.4) is 0 Å². The molecule has 0 aliphatic carbocycles. The van der Waals surface area contributed by atoms with E-state index >= 15 is 0 Å². The van der Waals surface area contributed by atoms with Crippen LogP contribution in [0.1, 0.15) is 18.0 Å². The fraction of sp³-hybridized carbons (Fsp3) is 0.538. The van der Waals surface area contributed by atoms with Crippen LogP contribution in [0.5, 0.6) is 0 Å². The fourth-order valence-corrected chi connectivity index (χ4v) is 2.81. The van der Waals surface area contributed by atoms with Crippen LogP contribution in [0.4, 0.5) is 17.6 Å². The zero-order valence-corrected chi connectivity index (χ0v) is 13.5. The summed E-state index contributed by atoms with van der Waals surface area (Å²) in [6.07, 6.45) is -5.37. The lowest BCUT2D eigenvalue weighted by atomic mass is 10.00. The van der Waals surface area contributed by atoms with Crippen LogP contribution in [0, 0.1) is 5.82 Å². The number of halogens is 6. The number of hydrogen-bond donors (Lipinski definition) is 1. The van der Waals surface area contributed by atoms with Crippen molar-refractivity contribution in [3.8, 4) is 0 Å². The van der Waals surface area contributed by atoms with E-state index in [4.69, 9.17) is 0 Å². The molecule has 1 atom stereocenters. The van der Waals surface area contributed by atoms with Crippen LogP contribution in [-0.2, 0) is 0 Å². The maximum absolute atomic E-state index is 14.1. The summed E-state index contributed by atoms with van der Waals surface area (Å²) in [7, 11) is 0. The Balaban J connectivity index is 0.00000220. The van der Waals surface area contributed by atoms with Crippen molar-refractivity contribution in [2.24, 2.45) is 0 Å². The van der Waals surface area contributed by atoms with E-state index < -0.39 is 24.5 Å². The predicted molar refractivity (Wildman–Crippen MR) is 79.2 cm³/mol. The molecule has 2 nitrogen and oxygen atoms in total. The molecule has 1 aliphatic rings. The van der Waals surface area contributed by atoms with Gasteiger partial charge in [-0.25, -0.2) is 4.39 Å². The average Bonchev–Trinajstić information content (AvgIpc) is 2.40. The van der Waals surface area contributed by atoms with Gasteiger partial charge in [0, 0.05) is 37.8 Å². The first-order valence-electron chi connectivity index (χ1n) is 6.34. The highest BCUT2D eigenvalue weighted by atomic mass is 79.9. The van der Waals surface area contributed by atoms with Gasteiger partial charge in [-0.1, -0.05) is 12.1 Å². The highest BCUT2D eigenvalue weighted by Crippen LogP contribution is 2.36. The van der Waals surface area contributed by atoms with Gasteiger partial charge in [0.15, 0.2) is 0 Å². The van der Waals surface area contributed by atoms with E-state index in [1.54, 1.807) is 11.0 Å². The minimum absolute atomic E-state index is 0. The molecule has 21 heavy (non-hydrogen) atoms. The van der Waals surface area contributed by atoms with Gasteiger partial charge in [0.1, 0.15) is 5.82 Å². The van der Waals surface area contributed by atoms with Gasteiger partial charge in [0.2, 0.25) is 0 Å². The monoisotopic (exact) mass is 390 g/mol. The van der Waals surface area contributed by atoms with Crippen molar-refractivity contribution in [2.45, 2.75) is 18.6 Å². The second kappa shape index (κ2) is 7.76. The Morgan fingerprint density at radius 2 is 1.86 bits per heavy atom. The molecule has 0 aromatic heterocycles. The van der Waals surface area contributed by atoms with Crippen LogP contribution in [0.25, 0.3) is 0 Å². The molecule has 120 valence electrons. The Bertz CT molecular complexity index is 464. The molecule has 0 radical (unpaired) electrons. The first kappa shape index (κ1) is 18.7. The number of alkyl halides is 3. The van der Waals surface area contributed by atoms with E-state index in [9.17, 15) is 17.6 Å². The van der Waals surface area contributed by atoms with Gasteiger partial charge in [-0.3, -0.25) is 4.90 Å². The number of piperazine rings is 1. The molecular weight excluding hydrogens is 376 g/mol. The first-order valence-corrected chi connectivity index (χ1v) is 7.13. The van der Waals surface area contributed by atoms with Crippen molar-refractivity contribution in [2.75, 3.05) is 26.2 Å². The fourth-order valence-electron chi connectivity index (χ4n) is 2.43. The summed E-state index contributed by atoms with van der Waals surface area (Å²) in [6, 6.07) is 3.50. The Hall–Kier alpha value is -0.370. The van der Waals surface area contributed by atoms with Gasteiger partial charge in [-0.2, -0.15) is 13.2 Å².